The number of halogens is 1. The van der Waals surface area contributed by atoms with Crippen LogP contribution in [0.25, 0.3) is 10.4 Å². The number of esters is 1. The zero-order valence-corrected chi connectivity index (χ0v) is 15.7. The highest BCUT2D eigenvalue weighted by Gasteiger charge is 2.57. The molecule has 0 saturated carbocycles. The van der Waals surface area contributed by atoms with Gasteiger partial charge in [0.05, 0.1) is 13.7 Å². The third kappa shape index (κ3) is 3.94. The first-order valence-electron chi connectivity index (χ1n) is 8.46. The van der Waals surface area contributed by atoms with Crippen molar-refractivity contribution in [3.63, 3.8) is 0 Å². The first-order chi connectivity index (χ1) is 13.2. The highest BCUT2D eigenvalue weighted by atomic mass is 19.1. The molecule has 0 amide bonds. The van der Waals surface area contributed by atoms with E-state index in [1.807, 2.05) is 13.8 Å². The molecule has 3 N–H and O–H groups in total. The molecular weight excluding hydrogens is 375 g/mol. The number of aliphatic hydroxyl groups excluding tert-OH is 2. The van der Waals surface area contributed by atoms with Gasteiger partial charge in [0.25, 0.3) is 0 Å². The van der Waals surface area contributed by atoms with Crippen molar-refractivity contribution in [1.29, 1.82) is 0 Å². The average Bonchev–Trinajstić information content (AvgIpc) is 2.91. The van der Waals surface area contributed by atoms with Crippen LogP contribution in [0.4, 0.5) is 4.39 Å². The van der Waals surface area contributed by atoms with Crippen LogP contribution in [-0.4, -0.2) is 70.9 Å². The predicted molar refractivity (Wildman–Crippen MR) is 96.1 cm³/mol. The molecule has 5 atom stereocenters. The molecule has 0 bridgehead atoms. The Bertz CT molecular complexity index is 737. The van der Waals surface area contributed by atoms with Gasteiger partial charge in [0.15, 0.2) is 12.4 Å². The molecule has 2 aliphatic rings. The van der Waals surface area contributed by atoms with Crippen LogP contribution >= 0.6 is 0 Å². The molecule has 1 fully saturated rings. The molecule has 0 radical (unpaired) electrons. The Morgan fingerprint density at radius 3 is 2.86 bits per heavy atom. The van der Waals surface area contributed by atoms with Crippen molar-refractivity contribution in [3.05, 3.63) is 35.1 Å². The molecule has 1 saturated heterocycles. The van der Waals surface area contributed by atoms with E-state index in [0.717, 1.165) is 0 Å². The number of amidine groups is 1. The van der Waals surface area contributed by atoms with Crippen LogP contribution in [-0.2, 0) is 14.3 Å². The molecule has 28 heavy (non-hydrogen) atoms. The number of carbonyl (C=O) groups is 1. The number of alkyl halides is 1. The van der Waals surface area contributed by atoms with Crippen molar-refractivity contribution in [3.8, 4) is 0 Å². The van der Waals surface area contributed by atoms with Crippen LogP contribution in [0.2, 0.25) is 0 Å². The lowest BCUT2D eigenvalue weighted by Gasteiger charge is -2.32. The van der Waals surface area contributed by atoms with Crippen LogP contribution in [0.5, 0.6) is 0 Å². The number of nitrogens with zero attached hydrogens (tertiary/aromatic N) is 5. The Kier molecular flexibility index (Phi) is 6.62. The molecule has 154 valence electrons. The Hall–Kier alpha value is -2.66. The van der Waals surface area contributed by atoms with E-state index in [2.05, 4.69) is 26.9 Å². The number of carbonyl (C=O) groups excluding carboxylic acids is 1. The zero-order valence-electron chi connectivity index (χ0n) is 15.7. The maximum absolute atomic E-state index is 14.6. The Labute approximate surface area is 160 Å². The Morgan fingerprint density at radius 1 is 1.68 bits per heavy atom. The number of hydrogen-bond acceptors (Lipinski definition) is 9. The molecule has 0 aliphatic carbocycles. The molecule has 0 spiro atoms. The first-order valence-corrected chi connectivity index (χ1v) is 8.46. The summed E-state index contributed by atoms with van der Waals surface area (Å²) in [5.41, 5.74) is 6.47. The van der Waals surface area contributed by atoms with Crippen molar-refractivity contribution in [1.82, 2.24) is 10.2 Å². The summed E-state index contributed by atoms with van der Waals surface area (Å²) >= 11 is 0. The standard InChI is InChI=1S/C16H23FN6O5/c1-8(2)12(15(26)27-4)20-10-5-6-23(9(3)19-10)14-11(17)13(25)16(7-24,28-14)21-22-18/h5-6,8,11-14,24-25H,3,7H2,1-2,4H3,(H,19,20)/t11-,12+,13?,14?,16+/m0/s1. The maximum Gasteiger partial charge on any atom is 0.328 e. The summed E-state index contributed by atoms with van der Waals surface area (Å²) in [5.74, 6) is -0.214. The fourth-order valence-corrected chi connectivity index (χ4v) is 2.85. The van der Waals surface area contributed by atoms with Crippen LogP contribution < -0.4 is 5.32 Å². The fourth-order valence-electron chi connectivity index (χ4n) is 2.85. The van der Waals surface area contributed by atoms with Crippen molar-refractivity contribution >= 4 is 11.8 Å². The SMILES string of the molecule is C=C1N=C(N[C@@H](C(=O)OC)C(C)C)C=CN1C1O[C@@](CO)(N=[N+]=[N-])C(O)[C@@H]1F. The number of methoxy groups -OCH3 is 1. The van der Waals surface area contributed by atoms with Gasteiger partial charge in [0.1, 0.15) is 23.8 Å². The van der Waals surface area contributed by atoms with E-state index >= 15 is 0 Å². The lowest BCUT2D eigenvalue weighted by molar-refractivity contribution is -0.143. The number of aliphatic imine (C=N–C) groups is 1. The number of hydrogen-bond donors (Lipinski definition) is 3. The minimum absolute atomic E-state index is 0.0481. The minimum atomic E-state index is -2.15. The van der Waals surface area contributed by atoms with Gasteiger partial charge in [0, 0.05) is 11.1 Å². The normalized spacial score (nSPS) is 30.7. The monoisotopic (exact) mass is 398 g/mol. The smallest absolute Gasteiger partial charge is 0.328 e. The third-order valence-corrected chi connectivity index (χ3v) is 4.44. The van der Waals surface area contributed by atoms with Gasteiger partial charge in [0.2, 0.25) is 5.72 Å². The molecule has 0 aromatic heterocycles. The maximum atomic E-state index is 14.6. The average molecular weight is 398 g/mol. The lowest BCUT2D eigenvalue weighted by Crippen LogP contribution is -2.46. The lowest BCUT2D eigenvalue weighted by atomic mass is 10.0. The Balaban J connectivity index is 2.18. The summed E-state index contributed by atoms with van der Waals surface area (Å²) in [6.07, 6.45) is -2.47. The van der Waals surface area contributed by atoms with E-state index in [1.165, 1.54) is 24.3 Å². The molecule has 2 unspecified atom stereocenters. The van der Waals surface area contributed by atoms with Crippen LogP contribution in [0.3, 0.4) is 0 Å². The molecule has 0 aromatic carbocycles. The number of nitrogens with one attached hydrogen (secondary N) is 1. The highest BCUT2D eigenvalue weighted by molar-refractivity contribution is 5.97. The van der Waals surface area contributed by atoms with Crippen LogP contribution in [0.1, 0.15) is 13.8 Å². The molecule has 2 aliphatic heterocycles. The van der Waals surface area contributed by atoms with E-state index in [0.29, 0.717) is 5.84 Å². The van der Waals surface area contributed by atoms with Crippen molar-refractivity contribution in [2.24, 2.45) is 16.0 Å². The molecule has 11 nitrogen and oxygen atoms in total. The van der Waals surface area contributed by atoms with Gasteiger partial charge in [-0.3, -0.25) is 0 Å². The second kappa shape index (κ2) is 8.57. The number of aliphatic hydroxyl groups is 2. The largest absolute Gasteiger partial charge is 0.467 e. The predicted octanol–water partition coefficient (Wildman–Crippen LogP) is 0.527. The van der Waals surface area contributed by atoms with Gasteiger partial charge < -0.3 is 29.9 Å². The minimum Gasteiger partial charge on any atom is -0.467 e. The first kappa shape index (κ1) is 21.6. The van der Waals surface area contributed by atoms with Gasteiger partial charge in [-0.05, 0) is 17.5 Å². The molecule has 2 rings (SSSR count). The highest BCUT2D eigenvalue weighted by Crippen LogP contribution is 2.37. The summed E-state index contributed by atoms with van der Waals surface area (Å²) in [4.78, 5) is 19.7. The molecule has 2 heterocycles. The van der Waals surface area contributed by atoms with Gasteiger partial charge in [-0.1, -0.05) is 25.5 Å². The Morgan fingerprint density at radius 2 is 2.36 bits per heavy atom. The van der Waals surface area contributed by atoms with Crippen molar-refractivity contribution < 1.29 is 28.9 Å². The van der Waals surface area contributed by atoms with Gasteiger partial charge in [-0.25, -0.2) is 14.2 Å². The second-order valence-electron chi connectivity index (χ2n) is 6.62. The molecule has 0 aromatic rings. The number of ether oxygens (including phenoxy) is 2. The quantitative estimate of drug-likeness (QED) is 0.255. The summed E-state index contributed by atoms with van der Waals surface area (Å²) in [6, 6.07) is -0.654. The summed E-state index contributed by atoms with van der Waals surface area (Å²) in [6.45, 7) is 6.47. The van der Waals surface area contributed by atoms with Crippen molar-refractivity contribution in [2.45, 2.75) is 44.1 Å². The molecule has 12 heteroatoms. The van der Waals surface area contributed by atoms with E-state index in [-0.39, 0.29) is 11.7 Å². The van der Waals surface area contributed by atoms with Crippen LogP contribution in [0, 0.1) is 5.92 Å². The van der Waals surface area contributed by atoms with Gasteiger partial charge in [-0.15, -0.1) is 0 Å². The molecular formula is C16H23FN6O5. The summed E-state index contributed by atoms with van der Waals surface area (Å²) < 4.78 is 24.7. The number of rotatable bonds is 6. The van der Waals surface area contributed by atoms with Gasteiger partial charge >= 0.3 is 5.97 Å². The van der Waals surface area contributed by atoms with Crippen LogP contribution in [0.15, 0.2) is 34.8 Å². The zero-order chi connectivity index (χ0) is 21.1. The van der Waals surface area contributed by atoms with E-state index < -0.39 is 42.8 Å². The van der Waals surface area contributed by atoms with Gasteiger partial charge in [-0.2, -0.15) is 0 Å². The second-order valence-corrected chi connectivity index (χ2v) is 6.62. The van der Waals surface area contributed by atoms with E-state index in [9.17, 15) is 19.4 Å². The summed E-state index contributed by atoms with van der Waals surface area (Å²) in [7, 11) is 1.28. The van der Waals surface area contributed by atoms with E-state index in [1.54, 1.807) is 0 Å². The third-order valence-electron chi connectivity index (χ3n) is 4.44. The van der Waals surface area contributed by atoms with E-state index in [4.69, 9.17) is 15.0 Å². The summed E-state index contributed by atoms with van der Waals surface area (Å²) in [5, 5.41) is 25.6. The number of azide groups is 1. The van der Waals surface area contributed by atoms with Crippen molar-refractivity contribution in [2.75, 3.05) is 13.7 Å². The fraction of sp³-hybridized carbons (Fsp3) is 0.625. The topological polar surface area (TPSA) is 152 Å².